The van der Waals surface area contributed by atoms with Gasteiger partial charge in [0.05, 0.1) is 0 Å². The number of ether oxygens (including phenoxy) is 1. The number of hydrogen-bond acceptors (Lipinski definition) is 5. The molecule has 8 heteroatoms. The lowest BCUT2D eigenvalue weighted by Crippen LogP contribution is -2.44. The van der Waals surface area contributed by atoms with Gasteiger partial charge in [0.1, 0.15) is 11.8 Å². The van der Waals surface area contributed by atoms with Crippen LogP contribution in [0.15, 0.2) is 35.9 Å². The number of likely N-dealkylation sites (tertiary alicyclic amines) is 1. The lowest BCUT2D eigenvalue weighted by molar-refractivity contribution is -0.142. The third-order valence-electron chi connectivity index (χ3n) is 6.27. The molecule has 1 saturated heterocycles. The Morgan fingerprint density at radius 2 is 1.94 bits per heavy atom. The van der Waals surface area contributed by atoms with E-state index in [4.69, 9.17) is 4.74 Å². The van der Waals surface area contributed by atoms with Gasteiger partial charge in [-0.2, -0.15) is 13.5 Å². The molecule has 0 radical (unpaired) electrons. The van der Waals surface area contributed by atoms with Gasteiger partial charge in [-0.25, -0.2) is 9.59 Å². The molecule has 0 spiro atoms. The molecular formula is C26H42N2O5S. The summed E-state index contributed by atoms with van der Waals surface area (Å²) < 4.78 is 5.49. The number of esters is 1. The lowest BCUT2D eigenvalue weighted by Gasteiger charge is -2.35. The van der Waals surface area contributed by atoms with Crippen LogP contribution in [0.4, 0.5) is 0 Å². The monoisotopic (exact) mass is 494 g/mol. The van der Waals surface area contributed by atoms with Crippen molar-refractivity contribution in [3.63, 3.8) is 0 Å². The Bertz CT molecular complexity index is 871. The van der Waals surface area contributed by atoms with E-state index >= 15 is 0 Å². The van der Waals surface area contributed by atoms with Gasteiger partial charge in [-0.15, -0.1) is 0 Å². The van der Waals surface area contributed by atoms with Gasteiger partial charge < -0.3 is 20.1 Å². The first-order chi connectivity index (χ1) is 15.1. The van der Waals surface area contributed by atoms with Crippen LogP contribution in [0, 0.1) is 5.92 Å². The Balaban J connectivity index is 0.00000544. The fourth-order valence-electron chi connectivity index (χ4n) is 4.29. The zero-order valence-electron chi connectivity index (χ0n) is 20.3. The van der Waals surface area contributed by atoms with Crippen LogP contribution in [0.2, 0.25) is 0 Å². The van der Waals surface area contributed by atoms with Crippen molar-refractivity contribution < 1.29 is 24.2 Å². The summed E-state index contributed by atoms with van der Waals surface area (Å²) in [5.41, 5.74) is 1.26. The third-order valence-corrected chi connectivity index (χ3v) is 6.27. The van der Waals surface area contributed by atoms with Crippen LogP contribution in [0.3, 0.4) is 0 Å². The Hall–Kier alpha value is -2.32. The average molecular weight is 495 g/mol. The minimum absolute atomic E-state index is 0. The van der Waals surface area contributed by atoms with E-state index in [-0.39, 0.29) is 37.8 Å². The van der Waals surface area contributed by atoms with Crippen molar-refractivity contribution in [2.24, 2.45) is 5.92 Å². The number of carboxylic acid groups (broad SMARTS) is 1. The number of rotatable bonds is 8. The molecule has 2 N–H and O–H groups in total. The zero-order chi connectivity index (χ0) is 23.9. The van der Waals surface area contributed by atoms with E-state index in [0.717, 1.165) is 44.0 Å². The van der Waals surface area contributed by atoms with Crippen LogP contribution in [-0.4, -0.2) is 54.0 Å². The van der Waals surface area contributed by atoms with Crippen LogP contribution in [0.1, 0.15) is 66.4 Å². The van der Waals surface area contributed by atoms with E-state index in [0.29, 0.717) is 5.75 Å². The van der Waals surface area contributed by atoms with Crippen molar-refractivity contribution in [3.8, 4) is 5.75 Å². The molecule has 1 aromatic carbocycles. The maximum absolute atomic E-state index is 12.4. The van der Waals surface area contributed by atoms with Crippen LogP contribution >= 0.6 is 13.5 Å². The molecule has 1 aliphatic heterocycles. The number of nitrogens with zero attached hydrogens (tertiary/aromatic N) is 1. The minimum Gasteiger partial charge on any atom is -0.480 e. The maximum Gasteiger partial charge on any atom is 0.336 e. The quantitative estimate of drug-likeness (QED) is 0.318. The van der Waals surface area contributed by atoms with Gasteiger partial charge in [0.15, 0.2) is 0 Å². The number of likely N-dealkylation sites (N-methyl/N-ethyl adjacent to an activating group) is 1. The summed E-state index contributed by atoms with van der Waals surface area (Å²) >= 11 is 0. The highest BCUT2D eigenvalue weighted by molar-refractivity contribution is 7.59. The lowest BCUT2D eigenvalue weighted by atomic mass is 9.74. The van der Waals surface area contributed by atoms with Gasteiger partial charge in [-0.1, -0.05) is 46.8 Å². The second kappa shape index (κ2) is 14.2. The first-order valence-corrected chi connectivity index (χ1v) is 11.3. The van der Waals surface area contributed by atoms with Crippen LogP contribution in [0.5, 0.6) is 5.75 Å². The number of carboxylic acids is 1. The summed E-state index contributed by atoms with van der Waals surface area (Å²) in [5, 5.41) is 11.7. The van der Waals surface area contributed by atoms with E-state index in [1.807, 2.05) is 12.1 Å². The number of benzene rings is 1. The van der Waals surface area contributed by atoms with Crippen molar-refractivity contribution >= 4 is 31.3 Å². The van der Waals surface area contributed by atoms with Crippen molar-refractivity contribution in [2.45, 2.75) is 72.3 Å². The molecule has 7 nitrogen and oxygen atoms in total. The molecule has 0 saturated carbocycles. The fraction of sp³-hybridized carbons (Fsp3) is 0.577. The van der Waals surface area contributed by atoms with Gasteiger partial charge in [-0.05, 0) is 63.4 Å². The molecule has 1 fully saturated rings. The van der Waals surface area contributed by atoms with Crippen molar-refractivity contribution in [3.05, 3.63) is 41.5 Å². The second-order valence-corrected chi connectivity index (χ2v) is 9.14. The smallest absolute Gasteiger partial charge is 0.336 e. The van der Waals surface area contributed by atoms with E-state index in [1.54, 1.807) is 19.9 Å². The summed E-state index contributed by atoms with van der Waals surface area (Å²) in [6, 6.07) is 6.61. The molecule has 1 aromatic rings. The normalized spacial score (nSPS) is 19.8. The van der Waals surface area contributed by atoms with Gasteiger partial charge in [0.25, 0.3) is 0 Å². The Labute approximate surface area is 211 Å². The van der Waals surface area contributed by atoms with E-state index in [1.165, 1.54) is 13.3 Å². The van der Waals surface area contributed by atoms with E-state index in [2.05, 4.69) is 30.3 Å². The SMILES string of the molecule is C.CCC1(c2cccc(OC(=O)/C=C(/C)C(=O)N[C@H](C(=O)O)C(C)C)c2)CCCCN(C)C1.S. The predicted molar refractivity (Wildman–Crippen MR) is 141 cm³/mol. The molecule has 0 bridgehead atoms. The van der Waals surface area contributed by atoms with Gasteiger partial charge in [-0.3, -0.25) is 4.79 Å². The molecule has 2 atom stereocenters. The van der Waals surface area contributed by atoms with Crippen molar-refractivity contribution in [2.75, 3.05) is 20.1 Å². The molecule has 0 aliphatic carbocycles. The first kappa shape index (κ1) is 31.7. The van der Waals surface area contributed by atoms with Gasteiger partial charge in [0.2, 0.25) is 5.91 Å². The Morgan fingerprint density at radius 1 is 1.26 bits per heavy atom. The molecule has 1 amide bonds. The zero-order valence-corrected chi connectivity index (χ0v) is 21.3. The van der Waals surface area contributed by atoms with Crippen molar-refractivity contribution in [1.29, 1.82) is 0 Å². The summed E-state index contributed by atoms with van der Waals surface area (Å²) in [5.74, 6) is -2.25. The molecular weight excluding hydrogens is 452 g/mol. The highest BCUT2D eigenvalue weighted by atomic mass is 32.1. The van der Waals surface area contributed by atoms with Gasteiger partial charge >= 0.3 is 11.9 Å². The molecule has 34 heavy (non-hydrogen) atoms. The van der Waals surface area contributed by atoms with Crippen molar-refractivity contribution in [1.82, 2.24) is 10.2 Å². The summed E-state index contributed by atoms with van der Waals surface area (Å²) in [6.07, 6.45) is 5.52. The summed E-state index contributed by atoms with van der Waals surface area (Å²) in [4.78, 5) is 38.4. The molecule has 192 valence electrons. The van der Waals surface area contributed by atoms with Crippen LogP contribution in [-0.2, 0) is 19.8 Å². The number of carbonyl (C=O) groups is 3. The van der Waals surface area contributed by atoms with Crippen LogP contribution in [0.25, 0.3) is 0 Å². The number of aliphatic carboxylic acids is 1. The predicted octanol–water partition coefficient (Wildman–Crippen LogP) is 4.28. The number of hydrogen-bond donors (Lipinski definition) is 2. The minimum atomic E-state index is -1.12. The fourth-order valence-corrected chi connectivity index (χ4v) is 4.29. The summed E-state index contributed by atoms with van der Waals surface area (Å²) in [7, 11) is 2.15. The topological polar surface area (TPSA) is 95.9 Å². The second-order valence-electron chi connectivity index (χ2n) is 9.14. The Morgan fingerprint density at radius 3 is 2.53 bits per heavy atom. The molecule has 1 aliphatic rings. The molecule has 2 rings (SSSR count). The van der Waals surface area contributed by atoms with Crippen LogP contribution < -0.4 is 10.1 Å². The highest BCUT2D eigenvalue weighted by Gasteiger charge is 2.33. The van der Waals surface area contributed by atoms with E-state index < -0.39 is 23.9 Å². The molecule has 1 unspecified atom stereocenters. The highest BCUT2D eigenvalue weighted by Crippen LogP contribution is 2.37. The average Bonchev–Trinajstić information content (AvgIpc) is 2.93. The third kappa shape index (κ3) is 8.47. The van der Waals surface area contributed by atoms with Gasteiger partial charge in [0, 0.05) is 23.6 Å². The Kier molecular flexibility index (Phi) is 13.2. The van der Waals surface area contributed by atoms with E-state index in [9.17, 15) is 19.5 Å². The first-order valence-electron chi connectivity index (χ1n) is 11.3. The standard InChI is InChI=1S/C25H36N2O5.CH4.H2S/c1-6-25(12-7-8-13-27(5)16-25)19-10-9-11-20(15-19)32-21(28)14-18(4)23(29)26-22(17(2)3)24(30)31;;/h9-11,14-15,17,22H,6-8,12-13,16H2,1-5H3,(H,26,29)(H,30,31);1H4;1H2/b18-14-;;/t22-,25?;;/m0../s1. The number of carbonyl (C=O) groups excluding carboxylic acids is 2. The maximum atomic E-state index is 12.4. The number of amides is 1. The number of nitrogens with one attached hydrogen (secondary N) is 1. The molecule has 1 heterocycles. The molecule has 0 aromatic heterocycles. The largest absolute Gasteiger partial charge is 0.480 e. The summed E-state index contributed by atoms with van der Waals surface area (Å²) in [6.45, 7) is 9.11.